The quantitative estimate of drug-likeness (QED) is 0.622. The molecule has 0 N–H and O–H groups in total. The molecule has 0 aromatic heterocycles. The third kappa shape index (κ3) is 3.78. The molecule has 2 rings (SSSR count). The van der Waals surface area contributed by atoms with Gasteiger partial charge in [0.25, 0.3) is 0 Å². The Balaban J connectivity index is 1.88. The summed E-state index contributed by atoms with van der Waals surface area (Å²) in [4.78, 5) is 0.549. The van der Waals surface area contributed by atoms with Gasteiger partial charge in [-0.05, 0) is 49.3 Å². The van der Waals surface area contributed by atoms with E-state index in [9.17, 15) is 4.39 Å². The average Bonchev–Trinajstić information content (AvgIpc) is 2.81. The molecule has 1 fully saturated rings. The molecule has 1 aromatic carbocycles. The second kappa shape index (κ2) is 6.33. The summed E-state index contributed by atoms with van der Waals surface area (Å²) in [6, 6.07) is 5.35. The fraction of sp³-hybridized carbons (Fsp3) is 0.571. The molecule has 0 nitrogen and oxygen atoms in total. The lowest BCUT2D eigenvalue weighted by Gasteiger charge is -2.17. The lowest BCUT2D eigenvalue weighted by atomic mass is 9.98. The Morgan fingerprint density at radius 2 is 2.00 bits per heavy atom. The van der Waals surface area contributed by atoms with E-state index in [0.717, 1.165) is 28.8 Å². The van der Waals surface area contributed by atoms with Crippen molar-refractivity contribution in [2.45, 2.75) is 43.4 Å². The van der Waals surface area contributed by atoms with E-state index in [1.54, 1.807) is 6.07 Å². The van der Waals surface area contributed by atoms with Gasteiger partial charge in [-0.1, -0.05) is 50.8 Å². The zero-order valence-corrected chi connectivity index (χ0v) is 12.9. The lowest BCUT2D eigenvalue weighted by molar-refractivity contribution is 0.501. The van der Waals surface area contributed by atoms with Crippen molar-refractivity contribution in [1.29, 1.82) is 0 Å². The van der Waals surface area contributed by atoms with Crippen LogP contribution < -0.4 is 0 Å². The molecule has 0 spiro atoms. The molecule has 3 heteroatoms. The van der Waals surface area contributed by atoms with Crippen LogP contribution >= 0.6 is 31.9 Å². The highest BCUT2D eigenvalue weighted by Crippen LogP contribution is 2.33. The van der Waals surface area contributed by atoms with Crippen molar-refractivity contribution < 1.29 is 4.39 Å². The van der Waals surface area contributed by atoms with Crippen molar-refractivity contribution in [2.75, 3.05) is 0 Å². The van der Waals surface area contributed by atoms with E-state index in [1.807, 2.05) is 12.1 Å². The highest BCUT2D eigenvalue weighted by atomic mass is 79.9. The molecule has 1 aliphatic carbocycles. The molecule has 0 bridgehead atoms. The first-order valence-corrected chi connectivity index (χ1v) is 7.95. The molecule has 0 heterocycles. The van der Waals surface area contributed by atoms with Gasteiger partial charge >= 0.3 is 0 Å². The highest BCUT2D eigenvalue weighted by molar-refractivity contribution is 9.10. The third-order valence-electron chi connectivity index (χ3n) is 3.62. The maximum Gasteiger partial charge on any atom is 0.127 e. The SMILES string of the molecule is Fc1cc(Br)ccc1CCC(Br)C1CCCC1. The van der Waals surface area contributed by atoms with Crippen LogP contribution in [0.1, 0.15) is 37.7 Å². The van der Waals surface area contributed by atoms with Gasteiger partial charge in [0.15, 0.2) is 0 Å². The third-order valence-corrected chi connectivity index (χ3v) is 5.31. The van der Waals surface area contributed by atoms with Gasteiger partial charge in [-0.15, -0.1) is 0 Å². The predicted molar refractivity (Wildman–Crippen MR) is 77.1 cm³/mol. The van der Waals surface area contributed by atoms with Crippen molar-refractivity contribution in [1.82, 2.24) is 0 Å². The van der Waals surface area contributed by atoms with Gasteiger partial charge in [-0.2, -0.15) is 0 Å². The minimum atomic E-state index is -0.0921. The summed E-state index contributed by atoms with van der Waals surface area (Å²) in [6.45, 7) is 0. The number of halogens is 3. The number of aryl methyl sites for hydroxylation is 1. The largest absolute Gasteiger partial charge is 0.207 e. The molecule has 94 valence electrons. The van der Waals surface area contributed by atoms with Crippen molar-refractivity contribution >= 4 is 31.9 Å². The van der Waals surface area contributed by atoms with Gasteiger partial charge in [0.05, 0.1) is 0 Å². The summed E-state index contributed by atoms with van der Waals surface area (Å²) in [7, 11) is 0. The van der Waals surface area contributed by atoms with Crippen LogP contribution in [-0.2, 0) is 6.42 Å². The van der Waals surface area contributed by atoms with Crippen molar-refractivity contribution in [3.63, 3.8) is 0 Å². The number of benzene rings is 1. The van der Waals surface area contributed by atoms with Crippen LogP contribution in [0.25, 0.3) is 0 Å². The molecule has 0 saturated heterocycles. The van der Waals surface area contributed by atoms with Crippen LogP contribution in [0.2, 0.25) is 0 Å². The number of hydrogen-bond acceptors (Lipinski definition) is 0. The van der Waals surface area contributed by atoms with Crippen LogP contribution in [0, 0.1) is 11.7 Å². The Morgan fingerprint density at radius 1 is 1.29 bits per heavy atom. The first kappa shape index (κ1) is 13.5. The molecule has 17 heavy (non-hydrogen) atoms. The predicted octanol–water partition coefficient (Wildman–Crippen LogP) is 5.47. The molecule has 1 aliphatic rings. The second-order valence-electron chi connectivity index (χ2n) is 4.83. The summed E-state index contributed by atoms with van der Waals surface area (Å²) in [5, 5.41) is 0. The molecule has 0 aliphatic heterocycles. The van der Waals surface area contributed by atoms with Crippen LogP contribution in [0.3, 0.4) is 0 Å². The van der Waals surface area contributed by atoms with E-state index < -0.39 is 0 Å². The number of alkyl halides is 1. The van der Waals surface area contributed by atoms with Crippen LogP contribution in [-0.4, -0.2) is 4.83 Å². The molecule has 1 aromatic rings. The first-order chi connectivity index (χ1) is 8.16. The molecular weight excluding hydrogens is 347 g/mol. The number of rotatable bonds is 4. The first-order valence-electron chi connectivity index (χ1n) is 6.25. The molecular formula is C14H17Br2F. The normalized spacial score (nSPS) is 18.5. The Morgan fingerprint density at radius 3 is 2.65 bits per heavy atom. The molecule has 0 radical (unpaired) electrons. The van der Waals surface area contributed by atoms with E-state index in [2.05, 4.69) is 31.9 Å². The topological polar surface area (TPSA) is 0 Å². The molecule has 1 atom stereocenters. The number of hydrogen-bond donors (Lipinski definition) is 0. The van der Waals surface area contributed by atoms with E-state index in [0.29, 0.717) is 4.83 Å². The molecule has 1 unspecified atom stereocenters. The van der Waals surface area contributed by atoms with E-state index in [4.69, 9.17) is 0 Å². The Labute approximate surface area is 119 Å². The zero-order valence-electron chi connectivity index (χ0n) is 9.76. The average molecular weight is 364 g/mol. The second-order valence-corrected chi connectivity index (χ2v) is 6.93. The van der Waals surface area contributed by atoms with Gasteiger partial charge in [0, 0.05) is 9.30 Å². The van der Waals surface area contributed by atoms with Crippen LogP contribution in [0.15, 0.2) is 22.7 Å². The van der Waals surface area contributed by atoms with Crippen LogP contribution in [0.5, 0.6) is 0 Å². The van der Waals surface area contributed by atoms with Crippen molar-refractivity contribution in [2.24, 2.45) is 5.92 Å². The highest BCUT2D eigenvalue weighted by Gasteiger charge is 2.22. The summed E-state index contributed by atoms with van der Waals surface area (Å²) in [5.41, 5.74) is 0.829. The summed E-state index contributed by atoms with van der Waals surface area (Å²) >= 11 is 7.05. The van der Waals surface area contributed by atoms with E-state index in [-0.39, 0.29) is 5.82 Å². The minimum absolute atomic E-state index is 0.0921. The van der Waals surface area contributed by atoms with Gasteiger partial charge in [0.2, 0.25) is 0 Å². The molecule has 0 amide bonds. The van der Waals surface area contributed by atoms with Gasteiger partial charge in [0.1, 0.15) is 5.82 Å². The fourth-order valence-electron chi connectivity index (χ4n) is 2.57. The smallest absolute Gasteiger partial charge is 0.127 e. The van der Waals surface area contributed by atoms with E-state index in [1.165, 1.54) is 25.7 Å². The summed E-state index contributed by atoms with van der Waals surface area (Å²) in [5.74, 6) is 0.707. The lowest BCUT2D eigenvalue weighted by Crippen LogP contribution is -2.12. The summed E-state index contributed by atoms with van der Waals surface area (Å²) in [6.07, 6.45) is 7.24. The van der Waals surface area contributed by atoms with Gasteiger partial charge in [-0.25, -0.2) is 4.39 Å². The monoisotopic (exact) mass is 362 g/mol. The fourth-order valence-corrected chi connectivity index (χ4v) is 3.66. The maximum absolute atomic E-state index is 13.6. The van der Waals surface area contributed by atoms with E-state index >= 15 is 0 Å². The molecule has 1 saturated carbocycles. The zero-order chi connectivity index (χ0) is 12.3. The Kier molecular flexibility index (Phi) is 5.04. The van der Waals surface area contributed by atoms with Gasteiger partial charge < -0.3 is 0 Å². The van der Waals surface area contributed by atoms with Crippen molar-refractivity contribution in [3.05, 3.63) is 34.1 Å². The van der Waals surface area contributed by atoms with Gasteiger partial charge in [-0.3, -0.25) is 0 Å². The Hall–Kier alpha value is 0.110. The standard InChI is InChI=1S/C14H17Br2F/c15-12-7-5-11(14(17)9-12)6-8-13(16)10-3-1-2-4-10/h5,7,9-10,13H,1-4,6,8H2. The maximum atomic E-state index is 13.6. The minimum Gasteiger partial charge on any atom is -0.207 e. The van der Waals surface area contributed by atoms with Crippen LogP contribution in [0.4, 0.5) is 4.39 Å². The van der Waals surface area contributed by atoms with Crippen molar-refractivity contribution in [3.8, 4) is 0 Å². The summed E-state index contributed by atoms with van der Waals surface area (Å²) < 4.78 is 14.4. The Bertz CT molecular complexity index is 372.